The fourth-order valence-corrected chi connectivity index (χ4v) is 2.63. The van der Waals surface area contributed by atoms with Crippen molar-refractivity contribution in [3.8, 4) is 0 Å². The topological polar surface area (TPSA) is 12.0 Å². The van der Waals surface area contributed by atoms with E-state index in [4.69, 9.17) is 0 Å². The Balaban J connectivity index is 2.58. The zero-order valence-electron chi connectivity index (χ0n) is 14.1. The first kappa shape index (κ1) is 17.2. The molecule has 0 aliphatic carbocycles. The molecule has 0 amide bonds. The third kappa shape index (κ3) is 7.09. The molecular weight excluding hydrogens is 242 g/mol. The summed E-state index contributed by atoms with van der Waals surface area (Å²) in [4.78, 5) is 0. The van der Waals surface area contributed by atoms with Crippen LogP contribution in [0.4, 0.5) is 0 Å². The fraction of sp³-hybridized carbons (Fsp3) is 0.684. The summed E-state index contributed by atoms with van der Waals surface area (Å²) < 4.78 is 0. The van der Waals surface area contributed by atoms with E-state index < -0.39 is 0 Å². The van der Waals surface area contributed by atoms with Gasteiger partial charge in [-0.05, 0) is 43.2 Å². The van der Waals surface area contributed by atoms with Gasteiger partial charge in [0.25, 0.3) is 0 Å². The van der Waals surface area contributed by atoms with Crippen LogP contribution in [0, 0.1) is 18.8 Å². The predicted molar refractivity (Wildman–Crippen MR) is 90.3 cm³/mol. The van der Waals surface area contributed by atoms with Crippen LogP contribution in [0.3, 0.4) is 0 Å². The van der Waals surface area contributed by atoms with E-state index in [1.165, 1.54) is 30.4 Å². The van der Waals surface area contributed by atoms with Crippen LogP contribution in [0.1, 0.15) is 64.0 Å². The molecule has 1 nitrogen and oxygen atoms in total. The number of rotatable bonds is 9. The molecule has 0 radical (unpaired) electrons. The van der Waals surface area contributed by atoms with E-state index in [2.05, 4.69) is 64.2 Å². The first-order valence-electron chi connectivity index (χ1n) is 8.26. The summed E-state index contributed by atoms with van der Waals surface area (Å²) in [5, 5.41) is 3.64. The van der Waals surface area contributed by atoms with Gasteiger partial charge < -0.3 is 5.32 Å². The van der Waals surface area contributed by atoms with E-state index in [0.717, 1.165) is 24.9 Å². The molecule has 1 unspecified atom stereocenters. The second-order valence-electron chi connectivity index (χ2n) is 6.99. The zero-order chi connectivity index (χ0) is 15.0. The highest BCUT2D eigenvalue weighted by Gasteiger charge is 2.12. The van der Waals surface area contributed by atoms with Gasteiger partial charge in [0.15, 0.2) is 0 Å². The summed E-state index contributed by atoms with van der Waals surface area (Å²) in [6, 6.07) is 9.04. The lowest BCUT2D eigenvalue weighted by atomic mass is 9.91. The second-order valence-corrected chi connectivity index (χ2v) is 6.99. The molecule has 0 aromatic heterocycles. The van der Waals surface area contributed by atoms with Crippen molar-refractivity contribution in [3.05, 3.63) is 35.4 Å². The monoisotopic (exact) mass is 275 g/mol. The Labute approximate surface area is 126 Å². The first-order valence-corrected chi connectivity index (χ1v) is 8.26. The van der Waals surface area contributed by atoms with Gasteiger partial charge in [-0.25, -0.2) is 0 Å². The summed E-state index contributed by atoms with van der Waals surface area (Å²) in [5.74, 6) is 2.20. The van der Waals surface area contributed by atoms with Crippen LogP contribution in [-0.4, -0.2) is 13.1 Å². The number of nitrogens with one attached hydrogen (secondary N) is 1. The number of aryl methyl sites for hydroxylation is 1. The third-order valence-corrected chi connectivity index (χ3v) is 3.79. The van der Waals surface area contributed by atoms with E-state index in [1.807, 2.05) is 0 Å². The summed E-state index contributed by atoms with van der Waals surface area (Å²) >= 11 is 0. The maximum atomic E-state index is 3.64. The van der Waals surface area contributed by atoms with Crippen molar-refractivity contribution in [2.45, 2.75) is 59.8 Å². The van der Waals surface area contributed by atoms with Gasteiger partial charge in [-0.15, -0.1) is 0 Å². The van der Waals surface area contributed by atoms with Crippen LogP contribution in [0.15, 0.2) is 24.3 Å². The molecule has 0 saturated heterocycles. The van der Waals surface area contributed by atoms with E-state index in [0.29, 0.717) is 5.92 Å². The Kier molecular flexibility index (Phi) is 7.91. The Morgan fingerprint density at radius 3 is 2.30 bits per heavy atom. The quantitative estimate of drug-likeness (QED) is 0.657. The predicted octanol–water partition coefficient (Wildman–Crippen LogP) is 5.15. The molecule has 20 heavy (non-hydrogen) atoms. The minimum Gasteiger partial charge on any atom is -0.316 e. The van der Waals surface area contributed by atoms with Gasteiger partial charge >= 0.3 is 0 Å². The van der Waals surface area contributed by atoms with Gasteiger partial charge in [0.2, 0.25) is 0 Å². The Hall–Kier alpha value is -0.820. The highest BCUT2D eigenvalue weighted by molar-refractivity contribution is 5.25. The van der Waals surface area contributed by atoms with Crippen LogP contribution >= 0.6 is 0 Å². The van der Waals surface area contributed by atoms with Gasteiger partial charge in [-0.3, -0.25) is 0 Å². The molecule has 0 spiro atoms. The van der Waals surface area contributed by atoms with Crippen molar-refractivity contribution >= 4 is 0 Å². The largest absolute Gasteiger partial charge is 0.316 e. The summed E-state index contributed by atoms with van der Waals surface area (Å²) in [6.07, 6.45) is 3.97. The normalized spacial score (nSPS) is 13.2. The van der Waals surface area contributed by atoms with Gasteiger partial charge in [0.1, 0.15) is 0 Å². The van der Waals surface area contributed by atoms with Crippen molar-refractivity contribution in [2.24, 2.45) is 11.8 Å². The SMILES string of the molecule is Cc1cccc(C(CCCC(C)C)CNCC(C)C)c1. The fourth-order valence-electron chi connectivity index (χ4n) is 2.63. The van der Waals surface area contributed by atoms with Crippen LogP contribution in [-0.2, 0) is 0 Å². The van der Waals surface area contributed by atoms with Crippen LogP contribution < -0.4 is 5.32 Å². The Morgan fingerprint density at radius 1 is 0.950 bits per heavy atom. The summed E-state index contributed by atoms with van der Waals surface area (Å²) in [7, 11) is 0. The molecule has 1 rings (SSSR count). The molecule has 0 fully saturated rings. The maximum absolute atomic E-state index is 3.64. The van der Waals surface area contributed by atoms with Gasteiger partial charge in [-0.2, -0.15) is 0 Å². The van der Waals surface area contributed by atoms with Crippen molar-refractivity contribution in [3.63, 3.8) is 0 Å². The lowest BCUT2D eigenvalue weighted by molar-refractivity contribution is 0.463. The number of hydrogen-bond donors (Lipinski definition) is 1. The molecule has 1 aromatic carbocycles. The number of benzene rings is 1. The van der Waals surface area contributed by atoms with Crippen LogP contribution in [0.25, 0.3) is 0 Å². The smallest absolute Gasteiger partial charge is 0.00202 e. The minimum atomic E-state index is 0.660. The minimum absolute atomic E-state index is 0.660. The average Bonchev–Trinajstić information content (AvgIpc) is 2.36. The lowest BCUT2D eigenvalue weighted by Gasteiger charge is -2.20. The van der Waals surface area contributed by atoms with E-state index >= 15 is 0 Å². The molecule has 0 bridgehead atoms. The Bertz CT molecular complexity index is 354. The molecule has 0 heterocycles. The van der Waals surface area contributed by atoms with Gasteiger partial charge in [0, 0.05) is 6.54 Å². The van der Waals surface area contributed by atoms with Crippen molar-refractivity contribution in [1.82, 2.24) is 5.32 Å². The lowest BCUT2D eigenvalue weighted by Crippen LogP contribution is -2.25. The molecule has 1 aromatic rings. The van der Waals surface area contributed by atoms with Crippen molar-refractivity contribution in [1.29, 1.82) is 0 Å². The average molecular weight is 275 g/mol. The molecule has 1 atom stereocenters. The zero-order valence-corrected chi connectivity index (χ0v) is 14.1. The standard InChI is InChI=1S/C19H33N/c1-15(2)8-6-11-19(14-20-13-16(3)4)18-10-7-9-17(5)12-18/h7,9-10,12,15-16,19-20H,6,8,11,13-14H2,1-5H3. The molecule has 1 N–H and O–H groups in total. The van der Waals surface area contributed by atoms with E-state index in [9.17, 15) is 0 Å². The molecule has 114 valence electrons. The van der Waals surface area contributed by atoms with E-state index in [1.54, 1.807) is 0 Å². The third-order valence-electron chi connectivity index (χ3n) is 3.79. The van der Waals surface area contributed by atoms with Crippen LogP contribution in [0.2, 0.25) is 0 Å². The van der Waals surface area contributed by atoms with Gasteiger partial charge in [0.05, 0.1) is 0 Å². The summed E-state index contributed by atoms with van der Waals surface area (Å²) in [5.41, 5.74) is 2.88. The summed E-state index contributed by atoms with van der Waals surface area (Å²) in [6.45, 7) is 13.6. The molecule has 0 aliphatic rings. The van der Waals surface area contributed by atoms with Crippen LogP contribution in [0.5, 0.6) is 0 Å². The van der Waals surface area contributed by atoms with E-state index in [-0.39, 0.29) is 0 Å². The van der Waals surface area contributed by atoms with Crippen molar-refractivity contribution < 1.29 is 0 Å². The highest BCUT2D eigenvalue weighted by Crippen LogP contribution is 2.23. The second kappa shape index (κ2) is 9.18. The molecule has 0 saturated carbocycles. The van der Waals surface area contributed by atoms with Gasteiger partial charge in [-0.1, -0.05) is 70.4 Å². The number of hydrogen-bond acceptors (Lipinski definition) is 1. The molecule has 1 heteroatoms. The highest BCUT2D eigenvalue weighted by atomic mass is 14.9. The Morgan fingerprint density at radius 2 is 1.70 bits per heavy atom. The van der Waals surface area contributed by atoms with Crippen molar-refractivity contribution in [2.75, 3.05) is 13.1 Å². The molecular formula is C19H33N. The maximum Gasteiger partial charge on any atom is 0.00202 e. The molecule has 0 aliphatic heterocycles. The first-order chi connectivity index (χ1) is 9.49.